The summed E-state index contributed by atoms with van der Waals surface area (Å²) >= 11 is 0. The molecule has 5 nitrogen and oxygen atoms in total. The zero-order chi connectivity index (χ0) is 13.8. The number of fused-ring (bicyclic) bond motifs is 1. The molecule has 20 heavy (non-hydrogen) atoms. The number of amides is 2. The number of carbonyl (C=O) groups excluding carboxylic acids is 1. The summed E-state index contributed by atoms with van der Waals surface area (Å²) in [6.45, 7) is 1.19. The Balaban J connectivity index is 1.56. The first-order valence-corrected chi connectivity index (χ1v) is 6.51. The zero-order valence-corrected chi connectivity index (χ0v) is 10.9. The maximum atomic E-state index is 11.8. The molecule has 3 rings (SSSR count). The number of anilines is 1. The average Bonchev–Trinajstić information content (AvgIpc) is 2.94. The van der Waals surface area contributed by atoms with Crippen molar-refractivity contribution in [1.82, 2.24) is 10.3 Å². The molecule has 1 aromatic heterocycles. The highest BCUT2D eigenvalue weighted by Crippen LogP contribution is 2.27. The van der Waals surface area contributed by atoms with Crippen molar-refractivity contribution >= 4 is 11.7 Å². The number of nitrogens with one attached hydrogen (secondary N) is 2. The molecule has 0 radical (unpaired) electrons. The number of hydrogen-bond acceptors (Lipinski definition) is 3. The van der Waals surface area contributed by atoms with Gasteiger partial charge in [0.1, 0.15) is 5.75 Å². The lowest BCUT2D eigenvalue weighted by atomic mass is 10.1. The van der Waals surface area contributed by atoms with Gasteiger partial charge in [-0.3, -0.25) is 4.98 Å². The van der Waals surface area contributed by atoms with Crippen LogP contribution in [-0.4, -0.2) is 17.6 Å². The van der Waals surface area contributed by atoms with E-state index in [1.54, 1.807) is 12.4 Å². The van der Waals surface area contributed by atoms with Crippen molar-refractivity contribution in [1.29, 1.82) is 0 Å². The van der Waals surface area contributed by atoms with Crippen LogP contribution in [0.15, 0.2) is 42.7 Å². The molecule has 2 aromatic rings. The van der Waals surface area contributed by atoms with Gasteiger partial charge in [-0.25, -0.2) is 4.79 Å². The number of hydrogen-bond donors (Lipinski definition) is 2. The van der Waals surface area contributed by atoms with Crippen molar-refractivity contribution in [2.45, 2.75) is 13.0 Å². The van der Waals surface area contributed by atoms with Crippen LogP contribution in [0.3, 0.4) is 0 Å². The second-order valence-corrected chi connectivity index (χ2v) is 4.58. The molecule has 0 atom stereocenters. The molecule has 0 fully saturated rings. The lowest BCUT2D eigenvalue weighted by Gasteiger charge is -2.08. The Hall–Kier alpha value is -2.56. The molecule has 102 valence electrons. The maximum Gasteiger partial charge on any atom is 0.319 e. The van der Waals surface area contributed by atoms with Crippen molar-refractivity contribution in [3.63, 3.8) is 0 Å². The van der Waals surface area contributed by atoms with Crippen molar-refractivity contribution in [2.24, 2.45) is 0 Å². The first-order valence-electron chi connectivity index (χ1n) is 6.51. The van der Waals surface area contributed by atoms with E-state index in [4.69, 9.17) is 4.74 Å². The van der Waals surface area contributed by atoms with Crippen LogP contribution in [0.1, 0.15) is 11.1 Å². The Morgan fingerprint density at radius 3 is 2.95 bits per heavy atom. The summed E-state index contributed by atoms with van der Waals surface area (Å²) in [5.74, 6) is 0.910. The van der Waals surface area contributed by atoms with Gasteiger partial charge < -0.3 is 15.4 Å². The maximum absolute atomic E-state index is 11.8. The fraction of sp³-hybridized carbons (Fsp3) is 0.200. The monoisotopic (exact) mass is 269 g/mol. The minimum atomic E-state index is -0.222. The Morgan fingerprint density at radius 1 is 1.25 bits per heavy atom. The molecule has 0 saturated carbocycles. The Kier molecular flexibility index (Phi) is 3.50. The summed E-state index contributed by atoms with van der Waals surface area (Å²) in [4.78, 5) is 15.8. The van der Waals surface area contributed by atoms with Crippen LogP contribution in [0.25, 0.3) is 0 Å². The number of urea groups is 1. The largest absolute Gasteiger partial charge is 0.493 e. The van der Waals surface area contributed by atoms with Crippen molar-refractivity contribution in [3.05, 3.63) is 53.9 Å². The van der Waals surface area contributed by atoms with Crippen molar-refractivity contribution < 1.29 is 9.53 Å². The SMILES string of the molecule is O=C(NCc1ccncc1)Nc1ccc2c(c1)CCO2. The van der Waals surface area contributed by atoms with E-state index in [0.29, 0.717) is 13.2 Å². The van der Waals surface area contributed by atoms with Gasteiger partial charge in [-0.15, -0.1) is 0 Å². The van der Waals surface area contributed by atoms with Crippen molar-refractivity contribution in [3.8, 4) is 5.75 Å². The molecule has 1 aliphatic rings. The van der Waals surface area contributed by atoms with Crippen molar-refractivity contribution in [2.75, 3.05) is 11.9 Å². The van der Waals surface area contributed by atoms with E-state index in [-0.39, 0.29) is 6.03 Å². The predicted molar refractivity (Wildman–Crippen MR) is 75.7 cm³/mol. The highest BCUT2D eigenvalue weighted by molar-refractivity contribution is 5.89. The summed E-state index contributed by atoms with van der Waals surface area (Å²) in [6, 6.07) is 9.20. The summed E-state index contributed by atoms with van der Waals surface area (Å²) in [5, 5.41) is 5.63. The number of aromatic nitrogens is 1. The molecule has 5 heteroatoms. The molecule has 0 aliphatic carbocycles. The van der Waals surface area contributed by atoms with Gasteiger partial charge in [-0.05, 0) is 41.5 Å². The van der Waals surface area contributed by atoms with Gasteiger partial charge in [0, 0.05) is 31.0 Å². The first kappa shape index (κ1) is 12.5. The molecule has 2 amide bonds. The van der Waals surface area contributed by atoms with E-state index in [1.165, 1.54) is 0 Å². The van der Waals surface area contributed by atoms with Crippen LogP contribution in [0.4, 0.5) is 10.5 Å². The second kappa shape index (κ2) is 5.61. The molecule has 0 saturated heterocycles. The van der Waals surface area contributed by atoms with Crippen LogP contribution < -0.4 is 15.4 Å². The number of carbonyl (C=O) groups is 1. The van der Waals surface area contributed by atoms with Gasteiger partial charge in [0.25, 0.3) is 0 Å². The van der Waals surface area contributed by atoms with E-state index in [0.717, 1.165) is 29.0 Å². The molecule has 0 spiro atoms. The van der Waals surface area contributed by atoms with E-state index >= 15 is 0 Å². The summed E-state index contributed by atoms with van der Waals surface area (Å²) in [5.41, 5.74) is 2.93. The quantitative estimate of drug-likeness (QED) is 0.899. The second-order valence-electron chi connectivity index (χ2n) is 4.58. The van der Waals surface area contributed by atoms with E-state index in [9.17, 15) is 4.79 Å². The smallest absolute Gasteiger partial charge is 0.319 e. The van der Waals surface area contributed by atoms with Gasteiger partial charge >= 0.3 is 6.03 Å². The van der Waals surface area contributed by atoms with E-state index < -0.39 is 0 Å². The topological polar surface area (TPSA) is 63.2 Å². The standard InChI is InChI=1S/C15H15N3O2/c19-15(17-10-11-3-6-16-7-4-11)18-13-1-2-14-12(9-13)5-8-20-14/h1-4,6-7,9H,5,8,10H2,(H2,17,18,19). The molecular formula is C15H15N3O2. The molecule has 1 aliphatic heterocycles. The molecule has 2 heterocycles. The summed E-state index contributed by atoms with van der Waals surface area (Å²) < 4.78 is 5.43. The molecule has 0 bridgehead atoms. The Bertz CT molecular complexity index is 614. The number of rotatable bonds is 3. The summed E-state index contributed by atoms with van der Waals surface area (Å²) in [7, 11) is 0. The number of benzene rings is 1. The Morgan fingerprint density at radius 2 is 2.10 bits per heavy atom. The van der Waals surface area contributed by atoms with Gasteiger partial charge in [0.05, 0.1) is 6.61 Å². The number of pyridine rings is 1. The highest BCUT2D eigenvalue weighted by atomic mass is 16.5. The third kappa shape index (κ3) is 2.88. The van der Waals surface area contributed by atoms with Gasteiger partial charge in [0.15, 0.2) is 0 Å². The van der Waals surface area contributed by atoms with Crippen LogP contribution >= 0.6 is 0 Å². The number of ether oxygens (including phenoxy) is 1. The van der Waals surface area contributed by atoms with Crippen LogP contribution in [-0.2, 0) is 13.0 Å². The lowest BCUT2D eigenvalue weighted by Crippen LogP contribution is -2.28. The summed E-state index contributed by atoms with van der Waals surface area (Å²) in [6.07, 6.45) is 4.30. The minimum absolute atomic E-state index is 0.222. The third-order valence-electron chi connectivity index (χ3n) is 3.15. The number of nitrogens with zero attached hydrogens (tertiary/aromatic N) is 1. The van der Waals surface area contributed by atoms with Crippen LogP contribution in [0, 0.1) is 0 Å². The van der Waals surface area contributed by atoms with Gasteiger partial charge in [-0.1, -0.05) is 0 Å². The van der Waals surface area contributed by atoms with Gasteiger partial charge in [0.2, 0.25) is 0 Å². The fourth-order valence-corrected chi connectivity index (χ4v) is 2.12. The Labute approximate surface area is 117 Å². The highest BCUT2D eigenvalue weighted by Gasteiger charge is 2.12. The molecule has 0 unspecified atom stereocenters. The van der Waals surface area contributed by atoms with Gasteiger partial charge in [-0.2, -0.15) is 0 Å². The third-order valence-corrected chi connectivity index (χ3v) is 3.15. The van der Waals surface area contributed by atoms with Crippen LogP contribution in [0.5, 0.6) is 5.75 Å². The van der Waals surface area contributed by atoms with Crippen LogP contribution in [0.2, 0.25) is 0 Å². The predicted octanol–water partition coefficient (Wildman–Crippen LogP) is 2.34. The first-order chi connectivity index (χ1) is 9.81. The minimum Gasteiger partial charge on any atom is -0.493 e. The molecular weight excluding hydrogens is 254 g/mol. The lowest BCUT2D eigenvalue weighted by molar-refractivity contribution is 0.251. The average molecular weight is 269 g/mol. The molecule has 1 aromatic carbocycles. The fourth-order valence-electron chi connectivity index (χ4n) is 2.12. The normalized spacial score (nSPS) is 12.4. The van der Waals surface area contributed by atoms with E-state index in [1.807, 2.05) is 30.3 Å². The molecule has 2 N–H and O–H groups in total. The van der Waals surface area contributed by atoms with E-state index in [2.05, 4.69) is 15.6 Å². The zero-order valence-electron chi connectivity index (χ0n) is 10.9.